The van der Waals surface area contributed by atoms with Gasteiger partial charge in [-0.1, -0.05) is 13.0 Å². The molecular formula is C17H23N3O2. The van der Waals surface area contributed by atoms with Crippen LogP contribution in [0, 0.1) is 17.8 Å². The van der Waals surface area contributed by atoms with Gasteiger partial charge in [0, 0.05) is 23.6 Å². The zero-order valence-electron chi connectivity index (χ0n) is 13.1. The van der Waals surface area contributed by atoms with Crippen molar-refractivity contribution in [3.05, 3.63) is 35.8 Å². The number of piperidine rings is 1. The molecule has 2 atom stereocenters. The molecule has 2 heterocycles. The molecule has 3 aliphatic rings. The molecule has 1 aliphatic carbocycles. The number of nitrogens with one attached hydrogen (secondary N) is 2. The van der Waals surface area contributed by atoms with Crippen LogP contribution in [0.4, 0.5) is 0 Å². The van der Waals surface area contributed by atoms with Gasteiger partial charge in [-0.05, 0) is 44.0 Å². The highest BCUT2D eigenvalue weighted by atomic mass is 16.5. The summed E-state index contributed by atoms with van der Waals surface area (Å²) in [4.78, 5) is 16.8. The van der Waals surface area contributed by atoms with Gasteiger partial charge in [0.05, 0.1) is 7.11 Å². The average molecular weight is 301 g/mol. The van der Waals surface area contributed by atoms with Crippen molar-refractivity contribution >= 4 is 11.7 Å². The summed E-state index contributed by atoms with van der Waals surface area (Å²) in [6, 6.07) is 0. The molecule has 0 aromatic heterocycles. The van der Waals surface area contributed by atoms with Crippen molar-refractivity contribution in [2.75, 3.05) is 20.2 Å². The topological polar surface area (TPSA) is 62.7 Å². The van der Waals surface area contributed by atoms with Crippen LogP contribution in [0.25, 0.3) is 0 Å². The standard InChI is InChI=1S/C17H23N3O2/c1-11-9-13(22-2)10-15-14(11)5-8-19-16(15)20-17(21)12-3-6-18-7-4-12/h5,8-12,14,18H,3-4,6-7H2,1-2H3,(H,19,20,21). The Bertz CT molecular complexity index is 568. The van der Waals surface area contributed by atoms with E-state index in [4.69, 9.17) is 4.74 Å². The molecule has 2 unspecified atom stereocenters. The van der Waals surface area contributed by atoms with Gasteiger partial charge in [0.25, 0.3) is 0 Å². The first-order valence-corrected chi connectivity index (χ1v) is 7.93. The molecule has 3 rings (SSSR count). The molecule has 2 N–H and O–H groups in total. The lowest BCUT2D eigenvalue weighted by Gasteiger charge is -2.30. The quantitative estimate of drug-likeness (QED) is 0.817. The third-order valence-corrected chi connectivity index (χ3v) is 4.61. The molecule has 5 heteroatoms. The van der Waals surface area contributed by atoms with Gasteiger partial charge >= 0.3 is 0 Å². The molecule has 5 nitrogen and oxygen atoms in total. The number of fused-ring (bicyclic) bond motifs is 1. The number of allylic oxidation sites excluding steroid dienone is 3. The molecule has 1 saturated heterocycles. The summed E-state index contributed by atoms with van der Waals surface area (Å²) in [7, 11) is 1.67. The second-order valence-corrected chi connectivity index (χ2v) is 6.09. The molecule has 118 valence electrons. The molecule has 0 radical (unpaired) electrons. The minimum atomic E-state index is 0.0763. The highest BCUT2D eigenvalue weighted by Crippen LogP contribution is 2.33. The fourth-order valence-corrected chi connectivity index (χ4v) is 3.27. The van der Waals surface area contributed by atoms with E-state index in [1.807, 2.05) is 6.08 Å². The number of ether oxygens (including phenoxy) is 1. The Labute approximate surface area is 131 Å². The zero-order valence-corrected chi connectivity index (χ0v) is 13.1. The number of hydrogen-bond donors (Lipinski definition) is 2. The van der Waals surface area contributed by atoms with Crippen molar-refractivity contribution in [2.45, 2.75) is 19.8 Å². The van der Waals surface area contributed by atoms with Crippen molar-refractivity contribution in [3.63, 3.8) is 0 Å². The van der Waals surface area contributed by atoms with E-state index in [1.165, 1.54) is 0 Å². The Morgan fingerprint density at radius 3 is 2.91 bits per heavy atom. The number of rotatable bonds is 2. The van der Waals surface area contributed by atoms with Crippen LogP contribution in [0.3, 0.4) is 0 Å². The van der Waals surface area contributed by atoms with Crippen LogP contribution >= 0.6 is 0 Å². The molecule has 0 aromatic rings. The maximum atomic E-state index is 12.5. The molecular weight excluding hydrogens is 278 g/mol. The number of carbonyl (C=O) groups excluding carboxylic acids is 1. The van der Waals surface area contributed by atoms with E-state index in [2.05, 4.69) is 34.7 Å². The molecule has 0 spiro atoms. The summed E-state index contributed by atoms with van der Waals surface area (Å²) in [5, 5.41) is 6.31. The zero-order chi connectivity index (χ0) is 15.5. The SMILES string of the molecule is COC1=CC(C)C2C=CN=C(NC(=O)C3CCNCC3)C2=C1. The second kappa shape index (κ2) is 6.48. The van der Waals surface area contributed by atoms with E-state index in [0.717, 1.165) is 37.3 Å². The number of amidine groups is 1. The Morgan fingerprint density at radius 1 is 1.41 bits per heavy atom. The van der Waals surface area contributed by atoms with E-state index in [0.29, 0.717) is 11.8 Å². The van der Waals surface area contributed by atoms with Crippen molar-refractivity contribution < 1.29 is 9.53 Å². The van der Waals surface area contributed by atoms with Crippen LogP contribution in [0.15, 0.2) is 40.8 Å². The predicted molar refractivity (Wildman–Crippen MR) is 86.1 cm³/mol. The van der Waals surface area contributed by atoms with E-state index >= 15 is 0 Å². The number of nitrogens with zero attached hydrogens (tertiary/aromatic N) is 1. The first-order valence-electron chi connectivity index (χ1n) is 7.93. The highest BCUT2D eigenvalue weighted by Gasteiger charge is 2.30. The number of hydrogen-bond acceptors (Lipinski definition) is 4. The molecule has 1 fully saturated rings. The number of amides is 1. The van der Waals surface area contributed by atoms with Gasteiger partial charge in [0.2, 0.25) is 5.91 Å². The molecule has 0 bridgehead atoms. The molecule has 0 saturated carbocycles. The third-order valence-electron chi connectivity index (χ3n) is 4.61. The van der Waals surface area contributed by atoms with Crippen molar-refractivity contribution in [2.24, 2.45) is 22.7 Å². The minimum Gasteiger partial charge on any atom is -0.497 e. The number of methoxy groups -OCH3 is 1. The van der Waals surface area contributed by atoms with E-state index in [1.54, 1.807) is 13.3 Å². The summed E-state index contributed by atoms with van der Waals surface area (Å²) >= 11 is 0. The van der Waals surface area contributed by atoms with Gasteiger partial charge < -0.3 is 15.4 Å². The first-order chi connectivity index (χ1) is 10.7. The van der Waals surface area contributed by atoms with Crippen LogP contribution in [-0.4, -0.2) is 31.9 Å². The maximum Gasteiger partial charge on any atom is 0.228 e. The number of carbonyl (C=O) groups is 1. The van der Waals surface area contributed by atoms with Crippen molar-refractivity contribution in [1.82, 2.24) is 10.6 Å². The monoisotopic (exact) mass is 301 g/mol. The van der Waals surface area contributed by atoms with Gasteiger partial charge in [-0.15, -0.1) is 0 Å². The van der Waals surface area contributed by atoms with Crippen molar-refractivity contribution in [1.29, 1.82) is 0 Å². The Balaban J connectivity index is 1.76. The van der Waals surface area contributed by atoms with Crippen LogP contribution < -0.4 is 10.6 Å². The normalized spacial score (nSPS) is 28.2. The lowest BCUT2D eigenvalue weighted by Crippen LogP contribution is -2.43. The van der Waals surface area contributed by atoms with Crippen molar-refractivity contribution in [3.8, 4) is 0 Å². The summed E-state index contributed by atoms with van der Waals surface area (Å²) in [5.74, 6) is 2.24. The summed E-state index contributed by atoms with van der Waals surface area (Å²) < 4.78 is 5.36. The van der Waals surface area contributed by atoms with Gasteiger partial charge in [0.1, 0.15) is 11.6 Å². The van der Waals surface area contributed by atoms with Gasteiger partial charge in [-0.25, -0.2) is 4.99 Å². The van der Waals surface area contributed by atoms with Crippen LogP contribution in [-0.2, 0) is 9.53 Å². The fraction of sp³-hybridized carbons (Fsp3) is 0.529. The molecule has 2 aliphatic heterocycles. The lowest BCUT2D eigenvalue weighted by atomic mass is 9.81. The van der Waals surface area contributed by atoms with Crippen LogP contribution in [0.2, 0.25) is 0 Å². The van der Waals surface area contributed by atoms with E-state index < -0.39 is 0 Å². The minimum absolute atomic E-state index is 0.0763. The van der Waals surface area contributed by atoms with Gasteiger partial charge in [0.15, 0.2) is 0 Å². The summed E-state index contributed by atoms with van der Waals surface area (Å²) in [5.41, 5.74) is 1.04. The van der Waals surface area contributed by atoms with Crippen LogP contribution in [0.5, 0.6) is 0 Å². The Kier molecular flexibility index (Phi) is 4.43. The third kappa shape index (κ3) is 2.99. The highest BCUT2D eigenvalue weighted by molar-refractivity contribution is 6.09. The van der Waals surface area contributed by atoms with Gasteiger partial charge in [-0.2, -0.15) is 0 Å². The maximum absolute atomic E-state index is 12.5. The largest absolute Gasteiger partial charge is 0.497 e. The average Bonchev–Trinajstić information content (AvgIpc) is 2.56. The Morgan fingerprint density at radius 2 is 2.18 bits per heavy atom. The van der Waals surface area contributed by atoms with E-state index in [-0.39, 0.29) is 17.7 Å². The fourth-order valence-electron chi connectivity index (χ4n) is 3.27. The summed E-state index contributed by atoms with van der Waals surface area (Å²) in [6.07, 6.45) is 9.74. The second-order valence-electron chi connectivity index (χ2n) is 6.09. The first kappa shape index (κ1) is 15.0. The lowest BCUT2D eigenvalue weighted by molar-refractivity contribution is -0.124. The molecule has 1 amide bonds. The predicted octanol–water partition coefficient (Wildman–Crippen LogP) is 1.75. The van der Waals surface area contributed by atoms with Gasteiger partial charge in [-0.3, -0.25) is 4.79 Å². The Hall–Kier alpha value is -1.88. The van der Waals surface area contributed by atoms with E-state index in [9.17, 15) is 4.79 Å². The summed E-state index contributed by atoms with van der Waals surface area (Å²) in [6.45, 7) is 3.96. The van der Waals surface area contributed by atoms with Crippen LogP contribution in [0.1, 0.15) is 19.8 Å². The number of aliphatic imine (C=N–C) groups is 1. The molecule has 22 heavy (non-hydrogen) atoms. The molecule has 0 aromatic carbocycles. The smallest absolute Gasteiger partial charge is 0.228 e.